The van der Waals surface area contributed by atoms with Crippen molar-refractivity contribution in [1.29, 1.82) is 0 Å². The number of ether oxygens (including phenoxy) is 2. The first kappa shape index (κ1) is 19.8. The van der Waals surface area contributed by atoms with E-state index in [1.165, 1.54) is 24.6 Å². The lowest BCUT2D eigenvalue weighted by molar-refractivity contribution is -0.125. The Hall–Kier alpha value is -1.99. The van der Waals surface area contributed by atoms with Crippen LogP contribution in [-0.2, 0) is 14.3 Å². The van der Waals surface area contributed by atoms with Crippen LogP contribution in [0.15, 0.2) is 24.3 Å². The van der Waals surface area contributed by atoms with Crippen molar-refractivity contribution in [2.45, 2.75) is 37.6 Å². The van der Waals surface area contributed by atoms with Gasteiger partial charge < -0.3 is 14.8 Å². The number of carbonyl (C=O) groups is 2. The van der Waals surface area contributed by atoms with Crippen LogP contribution in [0.4, 0.5) is 4.39 Å². The van der Waals surface area contributed by atoms with Crippen molar-refractivity contribution in [3.63, 3.8) is 0 Å². The standard InChI is InChI=1S/C20H27FN2O4/c21-17-6-4-5-16(13-17)19(25)27-14-18(24)22-15-20(7-2-1-3-8-20)23-9-11-26-12-10-23/h4-6,13H,1-3,7-12,14-15H2,(H,22,24). The SMILES string of the molecule is O=C(COC(=O)c1cccc(F)c1)NCC1(N2CCOCC2)CCCCC1. The van der Waals surface area contributed by atoms with E-state index in [4.69, 9.17) is 9.47 Å². The first-order valence-electron chi connectivity index (χ1n) is 9.61. The summed E-state index contributed by atoms with van der Waals surface area (Å²) in [4.78, 5) is 26.6. The molecule has 1 aliphatic heterocycles. The Labute approximate surface area is 159 Å². The lowest BCUT2D eigenvalue weighted by Crippen LogP contribution is -2.59. The highest BCUT2D eigenvalue weighted by atomic mass is 19.1. The van der Waals surface area contributed by atoms with Crippen molar-refractivity contribution in [3.8, 4) is 0 Å². The zero-order valence-electron chi connectivity index (χ0n) is 15.5. The second kappa shape index (κ2) is 9.28. The largest absolute Gasteiger partial charge is 0.452 e. The summed E-state index contributed by atoms with van der Waals surface area (Å²) in [7, 11) is 0. The van der Waals surface area contributed by atoms with Crippen molar-refractivity contribution in [2.24, 2.45) is 0 Å². The van der Waals surface area contributed by atoms with Gasteiger partial charge in [-0.3, -0.25) is 9.69 Å². The Morgan fingerprint density at radius 1 is 1.19 bits per heavy atom. The molecule has 0 atom stereocenters. The zero-order chi connectivity index (χ0) is 19.1. The summed E-state index contributed by atoms with van der Waals surface area (Å²) in [6.07, 6.45) is 5.64. The quantitative estimate of drug-likeness (QED) is 0.768. The number of hydrogen-bond donors (Lipinski definition) is 1. The fraction of sp³-hybridized carbons (Fsp3) is 0.600. The predicted molar refractivity (Wildman–Crippen MR) is 97.9 cm³/mol. The summed E-state index contributed by atoms with van der Waals surface area (Å²) in [5, 5.41) is 2.94. The summed E-state index contributed by atoms with van der Waals surface area (Å²) in [5.74, 6) is -1.55. The Morgan fingerprint density at radius 2 is 1.93 bits per heavy atom. The summed E-state index contributed by atoms with van der Waals surface area (Å²) >= 11 is 0. The molecule has 1 aromatic rings. The number of benzene rings is 1. The Kier molecular flexibility index (Phi) is 6.79. The molecule has 6 nitrogen and oxygen atoms in total. The van der Waals surface area contributed by atoms with Gasteiger partial charge in [-0.25, -0.2) is 9.18 Å². The summed E-state index contributed by atoms with van der Waals surface area (Å²) in [6, 6.07) is 5.23. The number of halogens is 1. The number of nitrogens with zero attached hydrogens (tertiary/aromatic N) is 1. The predicted octanol–water partition coefficient (Wildman–Crippen LogP) is 2.13. The van der Waals surface area contributed by atoms with Crippen LogP contribution in [0.25, 0.3) is 0 Å². The van der Waals surface area contributed by atoms with E-state index in [2.05, 4.69) is 10.2 Å². The minimum Gasteiger partial charge on any atom is -0.452 e. The van der Waals surface area contributed by atoms with E-state index in [-0.39, 0.29) is 23.6 Å². The molecule has 7 heteroatoms. The van der Waals surface area contributed by atoms with E-state index in [0.717, 1.165) is 58.1 Å². The number of morpholine rings is 1. The van der Waals surface area contributed by atoms with Crippen LogP contribution in [0, 0.1) is 5.82 Å². The van der Waals surface area contributed by atoms with Crippen LogP contribution in [0.2, 0.25) is 0 Å². The summed E-state index contributed by atoms with van der Waals surface area (Å²) < 4.78 is 23.6. The number of esters is 1. The normalized spacial score (nSPS) is 20.0. The van der Waals surface area contributed by atoms with Gasteiger partial charge in [0.1, 0.15) is 5.82 Å². The van der Waals surface area contributed by atoms with Gasteiger partial charge in [-0.2, -0.15) is 0 Å². The maximum atomic E-state index is 13.2. The minimum atomic E-state index is -0.704. The van der Waals surface area contributed by atoms with Gasteiger partial charge in [0.15, 0.2) is 6.61 Å². The van der Waals surface area contributed by atoms with E-state index in [9.17, 15) is 14.0 Å². The van der Waals surface area contributed by atoms with Crippen LogP contribution in [-0.4, -0.2) is 61.8 Å². The third-order valence-corrected chi connectivity index (χ3v) is 5.48. The lowest BCUT2D eigenvalue weighted by Gasteiger charge is -2.48. The maximum absolute atomic E-state index is 13.2. The molecule has 0 unspecified atom stereocenters. The highest BCUT2D eigenvalue weighted by molar-refractivity contribution is 5.91. The molecule has 1 heterocycles. The van der Waals surface area contributed by atoms with Gasteiger partial charge in [0.05, 0.1) is 18.8 Å². The molecule has 1 aliphatic carbocycles. The van der Waals surface area contributed by atoms with Crippen molar-refractivity contribution in [3.05, 3.63) is 35.6 Å². The molecule has 27 heavy (non-hydrogen) atoms. The highest BCUT2D eigenvalue weighted by Gasteiger charge is 2.38. The van der Waals surface area contributed by atoms with Gasteiger partial charge in [-0.1, -0.05) is 25.3 Å². The molecule has 2 fully saturated rings. The molecule has 1 amide bonds. The Bertz CT molecular complexity index is 655. The number of carbonyl (C=O) groups excluding carboxylic acids is 2. The fourth-order valence-corrected chi connectivity index (χ4v) is 4.00. The molecule has 0 radical (unpaired) electrons. The molecule has 1 saturated carbocycles. The van der Waals surface area contributed by atoms with Crippen molar-refractivity contribution in [1.82, 2.24) is 10.2 Å². The average molecular weight is 378 g/mol. The summed E-state index contributed by atoms with van der Waals surface area (Å²) in [6.45, 7) is 3.38. The van der Waals surface area contributed by atoms with Gasteiger partial charge in [-0.15, -0.1) is 0 Å². The number of nitrogens with one attached hydrogen (secondary N) is 1. The molecule has 0 aromatic heterocycles. The molecule has 1 saturated heterocycles. The van der Waals surface area contributed by atoms with Crippen molar-refractivity contribution >= 4 is 11.9 Å². The Balaban J connectivity index is 1.51. The molecule has 148 valence electrons. The number of hydrogen-bond acceptors (Lipinski definition) is 5. The molecule has 3 rings (SSSR count). The van der Waals surface area contributed by atoms with Gasteiger partial charge in [0.2, 0.25) is 0 Å². The molecule has 2 aliphatic rings. The van der Waals surface area contributed by atoms with Crippen LogP contribution in [0.1, 0.15) is 42.5 Å². The molecular weight excluding hydrogens is 351 g/mol. The van der Waals surface area contributed by atoms with E-state index < -0.39 is 11.8 Å². The van der Waals surface area contributed by atoms with Crippen molar-refractivity contribution < 1.29 is 23.5 Å². The van der Waals surface area contributed by atoms with Gasteiger partial charge in [0.25, 0.3) is 5.91 Å². The molecule has 1 aromatic carbocycles. The smallest absolute Gasteiger partial charge is 0.338 e. The van der Waals surface area contributed by atoms with Gasteiger partial charge in [-0.05, 0) is 31.0 Å². The summed E-state index contributed by atoms with van der Waals surface area (Å²) in [5.41, 5.74) is 0.0597. The zero-order valence-corrected chi connectivity index (χ0v) is 15.5. The first-order valence-corrected chi connectivity index (χ1v) is 9.61. The molecule has 0 spiro atoms. The highest BCUT2D eigenvalue weighted by Crippen LogP contribution is 2.33. The van der Waals surface area contributed by atoms with Crippen molar-refractivity contribution in [2.75, 3.05) is 39.5 Å². The fourth-order valence-electron chi connectivity index (χ4n) is 4.00. The third-order valence-electron chi connectivity index (χ3n) is 5.48. The molecule has 1 N–H and O–H groups in total. The molecule has 0 bridgehead atoms. The second-order valence-electron chi connectivity index (χ2n) is 7.25. The minimum absolute atomic E-state index is 0.0374. The number of rotatable bonds is 6. The maximum Gasteiger partial charge on any atom is 0.338 e. The van der Waals surface area contributed by atoms with Crippen LogP contribution < -0.4 is 5.32 Å². The van der Waals surface area contributed by atoms with Gasteiger partial charge >= 0.3 is 5.97 Å². The molecular formula is C20H27FN2O4. The van der Waals surface area contributed by atoms with Crippen LogP contribution >= 0.6 is 0 Å². The Morgan fingerprint density at radius 3 is 2.63 bits per heavy atom. The van der Waals surface area contributed by atoms with E-state index in [1.54, 1.807) is 0 Å². The lowest BCUT2D eigenvalue weighted by atomic mass is 9.79. The van der Waals surface area contributed by atoms with Crippen LogP contribution in [0.5, 0.6) is 0 Å². The average Bonchev–Trinajstić information content (AvgIpc) is 2.72. The third kappa shape index (κ3) is 5.26. The second-order valence-corrected chi connectivity index (χ2v) is 7.25. The van der Waals surface area contributed by atoms with E-state index >= 15 is 0 Å². The van der Waals surface area contributed by atoms with E-state index in [1.807, 2.05) is 0 Å². The monoisotopic (exact) mass is 378 g/mol. The van der Waals surface area contributed by atoms with E-state index in [0.29, 0.717) is 6.54 Å². The first-order chi connectivity index (χ1) is 13.1. The van der Waals surface area contributed by atoms with Gasteiger partial charge in [0, 0.05) is 25.2 Å². The number of amides is 1. The topological polar surface area (TPSA) is 67.9 Å². The van der Waals surface area contributed by atoms with Crippen LogP contribution in [0.3, 0.4) is 0 Å².